The van der Waals surface area contributed by atoms with Gasteiger partial charge < -0.3 is 0 Å². The molecule has 0 fully saturated rings. The molecule has 60 heavy (non-hydrogen) atoms. The summed E-state index contributed by atoms with van der Waals surface area (Å²) >= 11 is 0. The van der Waals surface area contributed by atoms with Crippen LogP contribution in [0.3, 0.4) is 0 Å². The molecule has 0 unspecified atom stereocenters. The van der Waals surface area contributed by atoms with E-state index in [1.54, 1.807) is 22.3 Å². The van der Waals surface area contributed by atoms with Crippen molar-refractivity contribution in [3.8, 4) is 34.1 Å². The van der Waals surface area contributed by atoms with Gasteiger partial charge in [-0.2, -0.15) is 0 Å². The van der Waals surface area contributed by atoms with Gasteiger partial charge in [-0.3, -0.25) is 0 Å². The van der Waals surface area contributed by atoms with E-state index in [0.29, 0.717) is 0 Å². The highest BCUT2D eigenvalue weighted by atomic mass is 14.5. The van der Waals surface area contributed by atoms with Gasteiger partial charge in [-0.15, -0.1) is 0 Å². The Kier molecular flexibility index (Phi) is 18.5. The quantitative estimate of drug-likeness (QED) is 0.0396. The summed E-state index contributed by atoms with van der Waals surface area (Å²) in [6, 6.07) is 33.4. The molecule has 0 N–H and O–H groups in total. The Labute approximate surface area is 369 Å². The molecule has 322 valence electrons. The van der Waals surface area contributed by atoms with Gasteiger partial charge in [0, 0.05) is 22.0 Å². The fourth-order valence-corrected chi connectivity index (χ4v) is 11.4. The lowest BCUT2D eigenvalue weighted by Gasteiger charge is -2.33. The molecule has 0 spiro atoms. The van der Waals surface area contributed by atoms with Gasteiger partial charge in [0.05, 0.1) is 0 Å². The Morgan fingerprint density at radius 2 is 0.583 bits per heavy atom. The largest absolute Gasteiger partial charge is 0.0654 e. The summed E-state index contributed by atoms with van der Waals surface area (Å²) in [5.74, 6) is 7.54. The second-order valence-electron chi connectivity index (χ2n) is 19.1. The predicted octanol–water partition coefficient (Wildman–Crippen LogP) is 18.6. The molecule has 0 aromatic heterocycles. The third kappa shape index (κ3) is 11.3. The van der Waals surface area contributed by atoms with Crippen LogP contribution in [0.1, 0.15) is 241 Å². The highest BCUT2D eigenvalue weighted by Gasteiger charge is 2.43. The minimum Gasteiger partial charge on any atom is -0.0654 e. The molecular formula is C60H82. The van der Waals surface area contributed by atoms with E-state index in [9.17, 15) is 0 Å². The summed E-state index contributed by atoms with van der Waals surface area (Å²) in [7, 11) is 0. The van der Waals surface area contributed by atoms with Crippen molar-refractivity contribution in [2.45, 2.75) is 218 Å². The summed E-state index contributed by atoms with van der Waals surface area (Å²) < 4.78 is 0. The van der Waals surface area contributed by atoms with E-state index in [1.165, 1.54) is 213 Å². The Hall–Kier alpha value is -3.56. The molecule has 0 nitrogen and oxygen atoms in total. The molecule has 0 amide bonds. The third-order valence-electron chi connectivity index (χ3n) is 14.7. The van der Waals surface area contributed by atoms with Crippen LogP contribution in [0.25, 0.3) is 22.3 Å². The van der Waals surface area contributed by atoms with Crippen LogP contribution in [0.15, 0.2) is 84.9 Å². The highest BCUT2D eigenvalue weighted by molar-refractivity contribution is 5.83. The first-order valence-electron chi connectivity index (χ1n) is 25.6. The van der Waals surface area contributed by atoms with Gasteiger partial charge in [-0.25, -0.2) is 0 Å². The van der Waals surface area contributed by atoms with Crippen LogP contribution in [0.5, 0.6) is 0 Å². The van der Waals surface area contributed by atoms with Crippen molar-refractivity contribution in [2.75, 3.05) is 0 Å². The molecule has 0 heteroatoms. The molecule has 0 radical (unpaired) electrons. The Morgan fingerprint density at radius 1 is 0.300 bits per heavy atom. The zero-order valence-electron chi connectivity index (χ0n) is 38.9. The fraction of sp³-hybridized carbons (Fsp3) is 0.567. The van der Waals surface area contributed by atoms with E-state index in [-0.39, 0.29) is 10.8 Å². The van der Waals surface area contributed by atoms with Crippen LogP contribution in [0.4, 0.5) is 0 Å². The van der Waals surface area contributed by atoms with Gasteiger partial charge in [-0.05, 0) is 94.5 Å². The van der Waals surface area contributed by atoms with Gasteiger partial charge >= 0.3 is 0 Å². The van der Waals surface area contributed by atoms with Crippen LogP contribution in [-0.2, 0) is 10.8 Å². The predicted molar refractivity (Wildman–Crippen MR) is 263 cm³/mol. The van der Waals surface area contributed by atoms with Crippen LogP contribution in [0.2, 0.25) is 0 Å². The molecule has 0 saturated heterocycles. The monoisotopic (exact) mass is 803 g/mol. The second-order valence-corrected chi connectivity index (χ2v) is 19.1. The molecule has 2 aliphatic carbocycles. The summed E-state index contributed by atoms with van der Waals surface area (Å²) in [6.07, 6.45) is 37.3. The molecular weight excluding hydrogens is 721 g/mol. The molecule has 6 rings (SSSR count). The third-order valence-corrected chi connectivity index (χ3v) is 14.7. The molecule has 0 saturated carbocycles. The van der Waals surface area contributed by atoms with Crippen LogP contribution < -0.4 is 0 Å². The van der Waals surface area contributed by atoms with Gasteiger partial charge in [0.25, 0.3) is 0 Å². The zero-order valence-corrected chi connectivity index (χ0v) is 38.9. The first-order valence-corrected chi connectivity index (χ1v) is 25.6. The number of hydrogen-bond donors (Lipinski definition) is 0. The number of fused-ring (bicyclic) bond motifs is 6. The van der Waals surface area contributed by atoms with Crippen molar-refractivity contribution in [3.05, 3.63) is 118 Å². The molecule has 4 aromatic carbocycles. The van der Waals surface area contributed by atoms with Crippen molar-refractivity contribution in [1.29, 1.82) is 0 Å². The van der Waals surface area contributed by atoms with E-state index in [4.69, 9.17) is 0 Å². The number of benzene rings is 4. The highest BCUT2D eigenvalue weighted by Crippen LogP contribution is 2.56. The Bertz CT molecular complexity index is 1770. The first-order chi connectivity index (χ1) is 29.6. The van der Waals surface area contributed by atoms with Crippen LogP contribution >= 0.6 is 0 Å². The Morgan fingerprint density at radius 3 is 0.917 bits per heavy atom. The van der Waals surface area contributed by atoms with E-state index >= 15 is 0 Å². The van der Waals surface area contributed by atoms with E-state index in [0.717, 1.165) is 0 Å². The molecule has 0 aliphatic heterocycles. The molecule has 0 heterocycles. The lowest BCUT2D eigenvalue weighted by Crippen LogP contribution is -2.25. The van der Waals surface area contributed by atoms with E-state index in [1.807, 2.05) is 0 Å². The molecule has 4 aromatic rings. The minimum absolute atomic E-state index is 0.0884. The van der Waals surface area contributed by atoms with Gasteiger partial charge in [-0.1, -0.05) is 254 Å². The summed E-state index contributed by atoms with van der Waals surface area (Å²) in [4.78, 5) is 0. The second kappa shape index (κ2) is 24.2. The Balaban J connectivity index is 1.31. The maximum Gasteiger partial charge on any atom is 0.0252 e. The van der Waals surface area contributed by atoms with Gasteiger partial charge in [0.2, 0.25) is 0 Å². The lowest BCUT2D eigenvalue weighted by molar-refractivity contribution is 0.397. The average molecular weight is 803 g/mol. The topological polar surface area (TPSA) is 0 Å². The minimum atomic E-state index is 0.0884. The van der Waals surface area contributed by atoms with Gasteiger partial charge in [0.15, 0.2) is 0 Å². The van der Waals surface area contributed by atoms with Crippen LogP contribution in [0, 0.1) is 11.8 Å². The number of rotatable bonds is 28. The van der Waals surface area contributed by atoms with Gasteiger partial charge in [0.1, 0.15) is 0 Å². The van der Waals surface area contributed by atoms with Crippen molar-refractivity contribution < 1.29 is 0 Å². The van der Waals surface area contributed by atoms with Crippen LogP contribution in [-0.4, -0.2) is 0 Å². The van der Waals surface area contributed by atoms with E-state index < -0.39 is 0 Å². The first kappa shape index (κ1) is 46.0. The lowest BCUT2D eigenvalue weighted by atomic mass is 9.70. The average Bonchev–Trinajstić information content (AvgIpc) is 3.71. The maximum absolute atomic E-state index is 3.77. The molecule has 2 aliphatic rings. The fourth-order valence-electron chi connectivity index (χ4n) is 11.4. The number of hydrogen-bond acceptors (Lipinski definition) is 0. The normalized spacial score (nSPS) is 14.0. The molecule has 0 bridgehead atoms. The summed E-state index contributed by atoms with van der Waals surface area (Å²) in [6.45, 7) is 9.31. The summed E-state index contributed by atoms with van der Waals surface area (Å²) in [5.41, 5.74) is 14.6. The molecule has 0 atom stereocenters. The maximum atomic E-state index is 3.77. The van der Waals surface area contributed by atoms with E-state index in [2.05, 4.69) is 124 Å². The smallest absolute Gasteiger partial charge is 0.0252 e. The standard InChI is InChI=1S/C60H82/c1-5-9-13-17-21-29-43-59(44-30-22-18-14-10-6-2)55-35-27-25-33-51(55)53-41-39-49(47-57(53)59)37-38-50-40-42-54-52-34-26-28-36-56(52)60(58(54)48-50,45-31-23-19-15-11-7-3)46-32-24-20-16-12-8-4/h25-28,33-36,39-42,47-48H,5-24,29-32,43-46H2,1-4H3. The number of unbranched alkanes of at least 4 members (excludes halogenated alkanes) is 20. The SMILES string of the molecule is CCCCCCCCC1(CCCCCCCC)c2ccccc2-c2ccc(C#Cc3ccc4c(c3)C(CCCCCCCC)(CCCCCCCC)c3ccccc3-4)cc21. The van der Waals surface area contributed by atoms with Crippen molar-refractivity contribution >= 4 is 0 Å². The summed E-state index contributed by atoms with van der Waals surface area (Å²) in [5, 5.41) is 0. The van der Waals surface area contributed by atoms with Crippen molar-refractivity contribution in [2.24, 2.45) is 0 Å². The van der Waals surface area contributed by atoms with Crippen molar-refractivity contribution in [1.82, 2.24) is 0 Å². The van der Waals surface area contributed by atoms with Crippen molar-refractivity contribution in [3.63, 3.8) is 0 Å². The zero-order chi connectivity index (χ0) is 41.9.